The molecule has 0 radical (unpaired) electrons. The molecule has 21 heavy (non-hydrogen) atoms. The van der Waals surface area contributed by atoms with Crippen molar-refractivity contribution in [2.24, 2.45) is 0 Å². The monoisotopic (exact) mass is 287 g/mol. The molecule has 0 saturated carbocycles. The Morgan fingerprint density at radius 1 is 1.29 bits per heavy atom. The Labute approximate surface area is 122 Å². The van der Waals surface area contributed by atoms with Gasteiger partial charge in [0.05, 0.1) is 13.2 Å². The molecule has 1 amide bonds. The summed E-state index contributed by atoms with van der Waals surface area (Å²) in [5.74, 6) is 1.58. The van der Waals surface area contributed by atoms with Crippen LogP contribution >= 0.6 is 0 Å². The van der Waals surface area contributed by atoms with Crippen LogP contribution in [0.5, 0.6) is 11.5 Å². The first kappa shape index (κ1) is 13.5. The van der Waals surface area contributed by atoms with Gasteiger partial charge in [0.25, 0.3) is 5.91 Å². The number of H-pyrrole nitrogens is 1. The predicted octanol–water partition coefficient (Wildman–Crippen LogP) is 2.39. The lowest BCUT2D eigenvalue weighted by Gasteiger charge is -2.09. The standard InChI is InChI=1S/C15H17N3O3/c1-2-11-9-14(18-17-11)16-15(19)10-4-5-12-13(8-10)21-7-3-6-20-12/h4-5,8-9H,2-3,6-7H2,1H3,(H2,16,17,18,19). The lowest BCUT2D eigenvalue weighted by molar-refractivity contribution is 0.102. The normalized spacial score (nSPS) is 13.6. The predicted molar refractivity (Wildman–Crippen MR) is 78.0 cm³/mol. The third-order valence-electron chi connectivity index (χ3n) is 3.26. The molecule has 0 spiro atoms. The molecule has 1 aromatic heterocycles. The van der Waals surface area contributed by atoms with Crippen molar-refractivity contribution >= 4 is 11.7 Å². The largest absolute Gasteiger partial charge is 0.490 e. The van der Waals surface area contributed by atoms with Crippen LogP contribution in [0.4, 0.5) is 5.82 Å². The van der Waals surface area contributed by atoms with Crippen molar-refractivity contribution in [3.63, 3.8) is 0 Å². The van der Waals surface area contributed by atoms with Gasteiger partial charge in [-0.15, -0.1) is 0 Å². The minimum Gasteiger partial charge on any atom is -0.490 e. The molecular weight excluding hydrogens is 270 g/mol. The summed E-state index contributed by atoms with van der Waals surface area (Å²) in [5, 5.41) is 9.66. The summed E-state index contributed by atoms with van der Waals surface area (Å²) in [6.45, 7) is 3.24. The van der Waals surface area contributed by atoms with Crippen LogP contribution in [0.15, 0.2) is 24.3 Å². The van der Waals surface area contributed by atoms with Crippen LogP contribution < -0.4 is 14.8 Å². The van der Waals surface area contributed by atoms with Crippen molar-refractivity contribution in [1.29, 1.82) is 0 Å². The first-order chi connectivity index (χ1) is 10.3. The highest BCUT2D eigenvalue weighted by Crippen LogP contribution is 2.30. The molecule has 3 rings (SSSR count). The molecular formula is C15H17N3O3. The van der Waals surface area contributed by atoms with E-state index in [4.69, 9.17) is 9.47 Å². The number of hydrogen-bond acceptors (Lipinski definition) is 4. The summed E-state index contributed by atoms with van der Waals surface area (Å²) >= 11 is 0. The SMILES string of the molecule is CCc1cc(NC(=O)c2ccc3c(c2)OCCCO3)n[nH]1. The van der Waals surface area contributed by atoms with Crippen molar-refractivity contribution in [3.05, 3.63) is 35.5 Å². The lowest BCUT2D eigenvalue weighted by atomic mass is 10.2. The fraction of sp³-hybridized carbons (Fsp3) is 0.333. The second-order valence-electron chi connectivity index (χ2n) is 4.80. The number of nitrogens with zero attached hydrogens (tertiary/aromatic N) is 1. The van der Waals surface area contributed by atoms with E-state index in [1.165, 1.54) is 0 Å². The molecule has 110 valence electrons. The molecule has 0 fully saturated rings. The molecule has 6 heteroatoms. The highest BCUT2D eigenvalue weighted by atomic mass is 16.5. The van der Waals surface area contributed by atoms with Gasteiger partial charge >= 0.3 is 0 Å². The van der Waals surface area contributed by atoms with Gasteiger partial charge in [-0.2, -0.15) is 5.10 Å². The van der Waals surface area contributed by atoms with Gasteiger partial charge in [-0.3, -0.25) is 9.89 Å². The summed E-state index contributed by atoms with van der Waals surface area (Å²) in [6, 6.07) is 7.00. The van der Waals surface area contributed by atoms with E-state index < -0.39 is 0 Å². The Morgan fingerprint density at radius 3 is 2.86 bits per heavy atom. The van der Waals surface area contributed by atoms with Gasteiger partial charge in [0.2, 0.25) is 0 Å². The van der Waals surface area contributed by atoms with Gasteiger partial charge in [0, 0.05) is 23.7 Å². The van der Waals surface area contributed by atoms with Gasteiger partial charge in [0.1, 0.15) is 0 Å². The number of anilines is 1. The average Bonchev–Trinajstić information content (AvgIpc) is 2.82. The number of carbonyl (C=O) groups excluding carboxylic acids is 1. The Morgan fingerprint density at radius 2 is 2.10 bits per heavy atom. The Hall–Kier alpha value is -2.50. The molecule has 1 aromatic carbocycles. The van der Waals surface area contributed by atoms with Crippen LogP contribution in [0.1, 0.15) is 29.4 Å². The number of rotatable bonds is 3. The fourth-order valence-electron chi connectivity index (χ4n) is 2.10. The lowest BCUT2D eigenvalue weighted by Crippen LogP contribution is -2.12. The van der Waals surface area contributed by atoms with Gasteiger partial charge < -0.3 is 14.8 Å². The molecule has 6 nitrogen and oxygen atoms in total. The quantitative estimate of drug-likeness (QED) is 0.908. The van der Waals surface area contributed by atoms with Crippen LogP contribution in [0.2, 0.25) is 0 Å². The minimum absolute atomic E-state index is 0.222. The third kappa shape index (κ3) is 2.99. The smallest absolute Gasteiger partial charge is 0.257 e. The number of ether oxygens (including phenoxy) is 2. The van der Waals surface area contributed by atoms with Crippen LogP contribution in [-0.2, 0) is 6.42 Å². The zero-order chi connectivity index (χ0) is 14.7. The minimum atomic E-state index is -0.222. The topological polar surface area (TPSA) is 76.2 Å². The first-order valence-electron chi connectivity index (χ1n) is 7.01. The van der Waals surface area contributed by atoms with Gasteiger partial charge in [-0.1, -0.05) is 6.92 Å². The van der Waals surface area contributed by atoms with Crippen molar-refractivity contribution in [2.75, 3.05) is 18.5 Å². The van der Waals surface area contributed by atoms with Crippen molar-refractivity contribution < 1.29 is 14.3 Å². The van der Waals surface area contributed by atoms with E-state index >= 15 is 0 Å². The molecule has 1 aliphatic rings. The zero-order valence-electron chi connectivity index (χ0n) is 11.8. The molecule has 0 bridgehead atoms. The van der Waals surface area contributed by atoms with E-state index in [1.54, 1.807) is 18.2 Å². The number of fused-ring (bicyclic) bond motifs is 1. The Bertz CT molecular complexity index is 651. The molecule has 0 unspecified atom stereocenters. The molecule has 1 aliphatic heterocycles. The number of amides is 1. The van der Waals surface area contributed by atoms with Gasteiger partial charge in [0.15, 0.2) is 17.3 Å². The molecule has 0 saturated heterocycles. The zero-order valence-corrected chi connectivity index (χ0v) is 11.8. The van der Waals surface area contributed by atoms with Gasteiger partial charge in [-0.05, 0) is 24.6 Å². The molecule has 0 aliphatic carbocycles. The van der Waals surface area contributed by atoms with Crippen LogP contribution in [-0.4, -0.2) is 29.3 Å². The number of aryl methyl sites for hydroxylation is 1. The van der Waals surface area contributed by atoms with Crippen LogP contribution in [0.25, 0.3) is 0 Å². The van der Waals surface area contributed by atoms with Crippen molar-refractivity contribution in [3.8, 4) is 11.5 Å². The number of aromatic amines is 1. The van der Waals surface area contributed by atoms with E-state index in [-0.39, 0.29) is 5.91 Å². The highest BCUT2D eigenvalue weighted by Gasteiger charge is 2.14. The maximum Gasteiger partial charge on any atom is 0.257 e. The van der Waals surface area contributed by atoms with E-state index in [0.29, 0.717) is 36.1 Å². The second kappa shape index (κ2) is 5.87. The Kier molecular flexibility index (Phi) is 3.77. The van der Waals surface area contributed by atoms with E-state index in [0.717, 1.165) is 18.5 Å². The number of hydrogen-bond donors (Lipinski definition) is 2. The van der Waals surface area contributed by atoms with E-state index in [1.807, 2.05) is 13.0 Å². The number of carbonyl (C=O) groups is 1. The third-order valence-corrected chi connectivity index (χ3v) is 3.26. The first-order valence-corrected chi connectivity index (χ1v) is 7.01. The maximum absolute atomic E-state index is 12.2. The highest BCUT2D eigenvalue weighted by molar-refractivity contribution is 6.04. The summed E-state index contributed by atoms with van der Waals surface area (Å²) in [5.41, 5.74) is 1.49. The number of aromatic nitrogens is 2. The van der Waals surface area contributed by atoms with Crippen molar-refractivity contribution in [2.45, 2.75) is 19.8 Å². The van der Waals surface area contributed by atoms with E-state index in [9.17, 15) is 4.79 Å². The second-order valence-corrected chi connectivity index (χ2v) is 4.80. The summed E-state index contributed by atoms with van der Waals surface area (Å²) in [7, 11) is 0. The average molecular weight is 287 g/mol. The van der Waals surface area contributed by atoms with Crippen LogP contribution in [0.3, 0.4) is 0 Å². The van der Waals surface area contributed by atoms with Crippen LogP contribution in [0, 0.1) is 0 Å². The summed E-state index contributed by atoms with van der Waals surface area (Å²) < 4.78 is 11.1. The summed E-state index contributed by atoms with van der Waals surface area (Å²) in [6.07, 6.45) is 1.68. The molecule has 0 atom stereocenters. The summed E-state index contributed by atoms with van der Waals surface area (Å²) in [4.78, 5) is 12.2. The molecule has 2 heterocycles. The van der Waals surface area contributed by atoms with Crippen molar-refractivity contribution in [1.82, 2.24) is 10.2 Å². The van der Waals surface area contributed by atoms with E-state index in [2.05, 4.69) is 15.5 Å². The maximum atomic E-state index is 12.2. The number of benzene rings is 1. The molecule has 2 N–H and O–H groups in total. The fourth-order valence-corrected chi connectivity index (χ4v) is 2.10. The molecule has 2 aromatic rings. The van der Waals surface area contributed by atoms with Gasteiger partial charge in [-0.25, -0.2) is 0 Å². The Balaban J connectivity index is 1.76. The number of nitrogens with one attached hydrogen (secondary N) is 2.